The molecular weight excluding hydrogens is 424 g/mol. The molecule has 0 saturated heterocycles. The van der Waals surface area contributed by atoms with Crippen LogP contribution in [0.5, 0.6) is 0 Å². The minimum absolute atomic E-state index is 1.18. The van der Waals surface area contributed by atoms with Crippen LogP contribution in [0.2, 0.25) is 0 Å². The Hall–Kier alpha value is -0.790. The molecule has 0 fully saturated rings. The number of unbranched alkanes of at least 4 members (excludes halogenated alkanes) is 21. The van der Waals surface area contributed by atoms with Crippen LogP contribution in [0, 0.1) is 0 Å². The predicted molar refractivity (Wildman–Crippen MR) is 156 cm³/mol. The van der Waals surface area contributed by atoms with Crippen LogP contribution >= 0.6 is 0 Å². The molecule has 1 rings (SSSR count). The summed E-state index contributed by atoms with van der Waals surface area (Å²) in [5.41, 5.74) is 0. The van der Waals surface area contributed by atoms with Crippen molar-refractivity contribution >= 4 is 0 Å². The van der Waals surface area contributed by atoms with Crippen LogP contribution in [0.3, 0.4) is 0 Å². The molecule has 35 heavy (non-hydrogen) atoms. The summed E-state index contributed by atoms with van der Waals surface area (Å²) in [6.07, 6.45) is 40.1. The zero-order valence-corrected chi connectivity index (χ0v) is 24.6. The van der Waals surface area contributed by atoms with Gasteiger partial charge in [-0.3, -0.25) is 0 Å². The van der Waals surface area contributed by atoms with Crippen molar-refractivity contribution in [2.75, 3.05) is 0 Å². The molecule has 0 aromatic carbocycles. The minimum Gasteiger partial charge on any atom is -0.234 e. The largest absolute Gasteiger partial charge is 0.256 e. The van der Waals surface area contributed by atoms with Gasteiger partial charge in [0.1, 0.15) is 12.4 Å². The topological polar surface area (TPSA) is 8.81 Å². The van der Waals surface area contributed by atoms with Crippen LogP contribution in [-0.4, -0.2) is 4.57 Å². The van der Waals surface area contributed by atoms with E-state index in [-0.39, 0.29) is 0 Å². The fraction of sp³-hybridized carbons (Fsp3) is 0.909. The van der Waals surface area contributed by atoms with Crippen LogP contribution in [0.4, 0.5) is 0 Å². The van der Waals surface area contributed by atoms with Crippen molar-refractivity contribution in [1.82, 2.24) is 4.57 Å². The lowest BCUT2D eigenvalue weighted by Gasteiger charge is -2.06. The van der Waals surface area contributed by atoms with Gasteiger partial charge in [0.25, 0.3) is 5.82 Å². The van der Waals surface area contributed by atoms with E-state index in [1.54, 1.807) is 5.82 Å². The summed E-state index contributed by atoms with van der Waals surface area (Å²) in [6, 6.07) is 0. The molecule has 0 unspecified atom stereocenters. The molecule has 0 aliphatic carbocycles. The molecular formula is C33H65N2+. The number of rotatable bonds is 27. The third kappa shape index (κ3) is 18.2. The SMILES string of the molecule is CCCCCCCCCCCCCCCn1cc[n+](CCC)c1CCCCCCCCCCCC. The highest BCUT2D eigenvalue weighted by Gasteiger charge is 2.15. The molecule has 206 valence electrons. The normalized spacial score (nSPS) is 11.5. The highest BCUT2D eigenvalue weighted by atomic mass is 15.1. The quantitative estimate of drug-likeness (QED) is 0.0858. The zero-order valence-electron chi connectivity index (χ0n) is 24.6. The van der Waals surface area contributed by atoms with Crippen molar-refractivity contribution < 1.29 is 4.57 Å². The minimum atomic E-state index is 1.18. The van der Waals surface area contributed by atoms with Gasteiger partial charge in [-0.2, -0.15) is 0 Å². The fourth-order valence-corrected chi connectivity index (χ4v) is 5.50. The summed E-state index contributed by atoms with van der Waals surface area (Å²) in [5.74, 6) is 1.59. The van der Waals surface area contributed by atoms with E-state index in [9.17, 15) is 0 Å². The van der Waals surface area contributed by atoms with Crippen molar-refractivity contribution in [2.45, 2.75) is 194 Å². The third-order valence-electron chi connectivity index (χ3n) is 7.81. The van der Waals surface area contributed by atoms with Gasteiger partial charge in [0.05, 0.1) is 13.1 Å². The Kier molecular flexibility index (Phi) is 22.9. The number of nitrogens with zero attached hydrogens (tertiary/aromatic N) is 2. The lowest BCUT2D eigenvalue weighted by Crippen LogP contribution is -2.37. The van der Waals surface area contributed by atoms with Crippen molar-refractivity contribution in [3.05, 3.63) is 18.2 Å². The molecule has 0 aliphatic heterocycles. The number of hydrogen-bond donors (Lipinski definition) is 0. The summed E-state index contributed by atoms with van der Waals surface area (Å²) >= 11 is 0. The molecule has 1 aromatic rings. The molecule has 0 radical (unpaired) electrons. The number of imidazole rings is 1. The van der Waals surface area contributed by atoms with E-state index in [0.717, 1.165) is 0 Å². The van der Waals surface area contributed by atoms with E-state index in [1.165, 1.54) is 174 Å². The average molecular weight is 490 g/mol. The second-order valence-electron chi connectivity index (χ2n) is 11.3. The Bertz CT molecular complexity index is 547. The lowest BCUT2D eigenvalue weighted by molar-refractivity contribution is -0.703. The van der Waals surface area contributed by atoms with E-state index >= 15 is 0 Å². The Morgan fingerprint density at radius 2 is 0.886 bits per heavy atom. The molecule has 0 amide bonds. The molecule has 0 bridgehead atoms. The summed E-state index contributed by atoms with van der Waals surface area (Å²) in [6.45, 7) is 9.32. The molecule has 0 aliphatic rings. The smallest absolute Gasteiger partial charge is 0.234 e. The monoisotopic (exact) mass is 490 g/mol. The van der Waals surface area contributed by atoms with Gasteiger partial charge in [-0.05, 0) is 25.7 Å². The standard InChI is InChI=1S/C33H65N2/c1-4-7-9-11-13-15-17-18-19-21-23-25-27-30-35-32-31-34(29-6-3)33(35)28-26-24-22-20-16-14-12-10-8-5-2/h31-32H,4-30H2,1-3H3/q+1. The van der Waals surface area contributed by atoms with Gasteiger partial charge >= 0.3 is 0 Å². The van der Waals surface area contributed by atoms with Crippen LogP contribution in [0.25, 0.3) is 0 Å². The van der Waals surface area contributed by atoms with Gasteiger partial charge in [-0.1, -0.05) is 149 Å². The molecule has 2 heteroatoms. The Morgan fingerprint density at radius 1 is 0.486 bits per heavy atom. The van der Waals surface area contributed by atoms with Gasteiger partial charge in [0.15, 0.2) is 0 Å². The first kappa shape index (κ1) is 32.2. The van der Waals surface area contributed by atoms with Crippen LogP contribution in [0.15, 0.2) is 12.4 Å². The first-order valence-electron chi connectivity index (χ1n) is 16.4. The van der Waals surface area contributed by atoms with Crippen molar-refractivity contribution in [3.8, 4) is 0 Å². The zero-order chi connectivity index (χ0) is 25.2. The Balaban J connectivity index is 2.10. The first-order chi connectivity index (χ1) is 17.3. The second kappa shape index (κ2) is 24.9. The maximum absolute atomic E-state index is 2.59. The maximum atomic E-state index is 2.59. The van der Waals surface area contributed by atoms with Gasteiger partial charge in [0.2, 0.25) is 0 Å². The second-order valence-corrected chi connectivity index (χ2v) is 11.3. The van der Waals surface area contributed by atoms with Gasteiger partial charge in [-0.15, -0.1) is 0 Å². The summed E-state index contributed by atoms with van der Waals surface area (Å²) in [4.78, 5) is 0. The molecule has 0 N–H and O–H groups in total. The summed E-state index contributed by atoms with van der Waals surface area (Å²) in [5, 5.41) is 0. The van der Waals surface area contributed by atoms with Crippen molar-refractivity contribution in [2.24, 2.45) is 0 Å². The third-order valence-corrected chi connectivity index (χ3v) is 7.81. The fourth-order valence-electron chi connectivity index (χ4n) is 5.50. The van der Waals surface area contributed by atoms with Gasteiger partial charge < -0.3 is 0 Å². The highest BCUT2D eigenvalue weighted by Crippen LogP contribution is 2.14. The Labute approximate surface area is 221 Å². The summed E-state index contributed by atoms with van der Waals surface area (Å²) < 4.78 is 5.12. The summed E-state index contributed by atoms with van der Waals surface area (Å²) in [7, 11) is 0. The van der Waals surface area contributed by atoms with Gasteiger partial charge in [-0.25, -0.2) is 9.13 Å². The molecule has 0 saturated carbocycles. The molecule has 2 nitrogen and oxygen atoms in total. The average Bonchev–Trinajstić information content (AvgIpc) is 3.24. The van der Waals surface area contributed by atoms with Crippen LogP contribution in [-0.2, 0) is 19.5 Å². The van der Waals surface area contributed by atoms with Crippen LogP contribution in [0.1, 0.15) is 181 Å². The molecule has 0 atom stereocenters. The predicted octanol–water partition coefficient (Wildman–Crippen LogP) is 10.7. The van der Waals surface area contributed by atoms with E-state index in [0.29, 0.717) is 0 Å². The molecule has 1 heterocycles. The van der Waals surface area contributed by atoms with Crippen LogP contribution < -0.4 is 4.57 Å². The highest BCUT2D eigenvalue weighted by molar-refractivity contribution is 4.84. The number of aryl methyl sites for hydroxylation is 2. The molecule has 0 spiro atoms. The molecule has 1 aromatic heterocycles. The van der Waals surface area contributed by atoms with Crippen molar-refractivity contribution in [1.29, 1.82) is 0 Å². The number of hydrogen-bond acceptors (Lipinski definition) is 0. The van der Waals surface area contributed by atoms with E-state index in [4.69, 9.17) is 0 Å². The van der Waals surface area contributed by atoms with Crippen molar-refractivity contribution in [3.63, 3.8) is 0 Å². The lowest BCUT2D eigenvalue weighted by atomic mass is 10.0. The van der Waals surface area contributed by atoms with E-state index in [2.05, 4.69) is 42.3 Å². The van der Waals surface area contributed by atoms with Gasteiger partial charge in [0, 0.05) is 6.42 Å². The maximum Gasteiger partial charge on any atom is 0.256 e. The van der Waals surface area contributed by atoms with E-state index < -0.39 is 0 Å². The number of aromatic nitrogens is 2. The first-order valence-corrected chi connectivity index (χ1v) is 16.4. The van der Waals surface area contributed by atoms with E-state index in [1.807, 2.05) is 0 Å². The Morgan fingerprint density at radius 3 is 1.31 bits per heavy atom.